The molecule has 0 radical (unpaired) electrons. The van der Waals surface area contributed by atoms with E-state index < -0.39 is 0 Å². The Morgan fingerprint density at radius 3 is 3.06 bits per heavy atom. The van der Waals surface area contributed by atoms with E-state index in [-0.39, 0.29) is 0 Å². The molecule has 1 aromatic heterocycles. The van der Waals surface area contributed by atoms with Crippen LogP contribution in [0.5, 0.6) is 0 Å². The lowest BCUT2D eigenvalue weighted by molar-refractivity contribution is 1.34. The third kappa shape index (κ3) is 1.94. The average molecular weight is 208 g/mol. The Morgan fingerprint density at radius 2 is 2.25 bits per heavy atom. The molecule has 0 N–H and O–H groups in total. The molecule has 0 aliphatic rings. The minimum atomic E-state index is 0.444. The molecule has 0 saturated carbocycles. The van der Waals surface area contributed by atoms with Crippen molar-refractivity contribution in [2.75, 3.05) is 0 Å². The molecule has 0 bridgehead atoms. The van der Waals surface area contributed by atoms with Crippen molar-refractivity contribution in [3.8, 4) is 6.07 Å². The zero-order valence-electron chi connectivity index (χ0n) is 9.14. The minimum Gasteiger partial charge on any atom is -0.256 e. The summed E-state index contributed by atoms with van der Waals surface area (Å²) in [5.41, 5.74) is 3.32. The Labute approximate surface area is 94.9 Å². The molecule has 1 aromatic carbocycles. The van der Waals surface area contributed by atoms with E-state index >= 15 is 0 Å². The highest BCUT2D eigenvalue weighted by molar-refractivity contribution is 5.84. The molecule has 0 aliphatic carbocycles. The highest BCUT2D eigenvalue weighted by atomic mass is 14.6. The van der Waals surface area contributed by atoms with Crippen molar-refractivity contribution in [3.63, 3.8) is 0 Å². The number of rotatable bonds is 2. The monoisotopic (exact) mass is 208 g/mol. The number of aromatic nitrogens is 1. The van der Waals surface area contributed by atoms with E-state index in [1.807, 2.05) is 18.2 Å². The van der Waals surface area contributed by atoms with Gasteiger partial charge in [0.25, 0.3) is 0 Å². The van der Waals surface area contributed by atoms with E-state index in [2.05, 4.69) is 36.2 Å². The number of fused-ring (bicyclic) bond motifs is 1. The van der Waals surface area contributed by atoms with Crippen molar-refractivity contribution < 1.29 is 0 Å². The Bertz CT molecular complexity index is 577. The molecule has 78 valence electrons. The zero-order valence-corrected chi connectivity index (χ0v) is 9.14. The molecule has 0 atom stereocenters. The first-order valence-electron chi connectivity index (χ1n) is 5.21. The van der Waals surface area contributed by atoms with E-state index in [0.29, 0.717) is 6.42 Å². The molecule has 0 amide bonds. The number of pyridine rings is 1. The van der Waals surface area contributed by atoms with Gasteiger partial charge in [-0.05, 0) is 24.1 Å². The van der Waals surface area contributed by atoms with Crippen LogP contribution in [0.1, 0.15) is 17.5 Å². The Morgan fingerprint density at radius 1 is 1.38 bits per heavy atom. The summed E-state index contributed by atoms with van der Waals surface area (Å²) in [6, 6.07) is 10.2. The van der Waals surface area contributed by atoms with E-state index in [1.165, 1.54) is 0 Å². The molecule has 2 aromatic rings. The smallest absolute Gasteiger partial charge is 0.0737 e. The third-order valence-electron chi connectivity index (χ3n) is 2.58. The van der Waals surface area contributed by atoms with Crippen molar-refractivity contribution in [1.29, 1.82) is 5.26 Å². The standard InChI is InChI=1S/C14H12N2/c1-11-12(5-2-3-9-15)7-8-13-6-4-10-16-14(11)13/h2,4-8,10H,3H2,1H3. The van der Waals surface area contributed by atoms with Gasteiger partial charge in [0, 0.05) is 11.6 Å². The van der Waals surface area contributed by atoms with E-state index in [1.54, 1.807) is 6.20 Å². The lowest BCUT2D eigenvalue weighted by Crippen LogP contribution is -1.86. The summed E-state index contributed by atoms with van der Waals surface area (Å²) >= 11 is 0. The van der Waals surface area contributed by atoms with Crippen LogP contribution >= 0.6 is 0 Å². The molecular formula is C14H12N2. The molecule has 2 nitrogen and oxygen atoms in total. The van der Waals surface area contributed by atoms with Crippen LogP contribution in [0.3, 0.4) is 0 Å². The molecule has 1 heterocycles. The van der Waals surface area contributed by atoms with Gasteiger partial charge in [0.2, 0.25) is 0 Å². The van der Waals surface area contributed by atoms with E-state index in [9.17, 15) is 0 Å². The van der Waals surface area contributed by atoms with Crippen LogP contribution in [0.15, 0.2) is 36.5 Å². The van der Waals surface area contributed by atoms with Crippen molar-refractivity contribution in [2.24, 2.45) is 0 Å². The molecular weight excluding hydrogens is 196 g/mol. The van der Waals surface area contributed by atoms with Gasteiger partial charge in [0.15, 0.2) is 0 Å². The van der Waals surface area contributed by atoms with Crippen molar-refractivity contribution in [2.45, 2.75) is 13.3 Å². The highest BCUT2D eigenvalue weighted by Crippen LogP contribution is 2.20. The van der Waals surface area contributed by atoms with E-state index in [4.69, 9.17) is 5.26 Å². The maximum atomic E-state index is 8.47. The van der Waals surface area contributed by atoms with Crippen molar-refractivity contribution >= 4 is 17.0 Å². The Balaban J connectivity index is 2.49. The van der Waals surface area contributed by atoms with Crippen LogP contribution < -0.4 is 0 Å². The van der Waals surface area contributed by atoms with Gasteiger partial charge in [-0.25, -0.2) is 0 Å². The first-order valence-corrected chi connectivity index (χ1v) is 5.21. The molecule has 0 aliphatic heterocycles. The Hall–Kier alpha value is -2.14. The topological polar surface area (TPSA) is 36.7 Å². The predicted molar refractivity (Wildman–Crippen MR) is 65.7 cm³/mol. The lowest BCUT2D eigenvalue weighted by Gasteiger charge is -2.04. The number of nitrogens with zero attached hydrogens (tertiary/aromatic N) is 2. The molecule has 0 saturated heterocycles. The Kier molecular flexibility index (Phi) is 2.98. The lowest BCUT2D eigenvalue weighted by atomic mass is 10.0. The number of aryl methyl sites for hydroxylation is 1. The summed E-state index contributed by atoms with van der Waals surface area (Å²) in [5.74, 6) is 0. The van der Waals surface area contributed by atoms with Gasteiger partial charge in [0.05, 0.1) is 18.0 Å². The first kappa shape index (κ1) is 10.4. The predicted octanol–water partition coefficient (Wildman–Crippen LogP) is 3.47. The summed E-state index contributed by atoms with van der Waals surface area (Å²) in [7, 11) is 0. The number of hydrogen-bond donors (Lipinski definition) is 0. The highest BCUT2D eigenvalue weighted by Gasteiger charge is 2.01. The van der Waals surface area contributed by atoms with Gasteiger partial charge in [-0.2, -0.15) is 5.26 Å². The quantitative estimate of drug-likeness (QED) is 0.757. The minimum absolute atomic E-state index is 0.444. The third-order valence-corrected chi connectivity index (χ3v) is 2.58. The van der Waals surface area contributed by atoms with Crippen LogP contribution in [0, 0.1) is 18.3 Å². The van der Waals surface area contributed by atoms with E-state index in [0.717, 1.165) is 22.0 Å². The van der Waals surface area contributed by atoms with Crippen LogP contribution in [0.25, 0.3) is 17.0 Å². The van der Waals surface area contributed by atoms with Crippen LogP contribution in [-0.4, -0.2) is 4.98 Å². The van der Waals surface area contributed by atoms with Crippen LogP contribution in [0.2, 0.25) is 0 Å². The zero-order chi connectivity index (χ0) is 11.4. The molecule has 16 heavy (non-hydrogen) atoms. The number of benzene rings is 1. The van der Waals surface area contributed by atoms with Gasteiger partial charge in [0.1, 0.15) is 0 Å². The molecule has 0 spiro atoms. The van der Waals surface area contributed by atoms with Gasteiger partial charge in [-0.3, -0.25) is 4.98 Å². The summed E-state index contributed by atoms with van der Waals surface area (Å²) < 4.78 is 0. The fourth-order valence-electron chi connectivity index (χ4n) is 1.73. The van der Waals surface area contributed by atoms with Crippen LogP contribution in [-0.2, 0) is 0 Å². The average Bonchev–Trinajstić information content (AvgIpc) is 2.33. The first-order chi connectivity index (χ1) is 7.83. The van der Waals surface area contributed by atoms with Crippen molar-refractivity contribution in [1.82, 2.24) is 4.98 Å². The summed E-state index contributed by atoms with van der Waals surface area (Å²) in [4.78, 5) is 4.37. The van der Waals surface area contributed by atoms with Gasteiger partial charge in [-0.1, -0.05) is 30.4 Å². The second kappa shape index (κ2) is 4.59. The molecule has 0 unspecified atom stereocenters. The summed E-state index contributed by atoms with van der Waals surface area (Å²) in [6.07, 6.45) is 6.10. The SMILES string of the molecule is Cc1c(C=CCC#N)ccc2cccnc12. The number of nitriles is 1. The summed E-state index contributed by atoms with van der Waals surface area (Å²) in [6.45, 7) is 2.06. The maximum Gasteiger partial charge on any atom is 0.0737 e. The second-order valence-electron chi connectivity index (χ2n) is 3.62. The molecule has 2 rings (SSSR count). The maximum absolute atomic E-state index is 8.47. The fourth-order valence-corrected chi connectivity index (χ4v) is 1.73. The van der Waals surface area contributed by atoms with Gasteiger partial charge in [-0.15, -0.1) is 0 Å². The number of allylic oxidation sites excluding steroid dienone is 1. The number of hydrogen-bond acceptors (Lipinski definition) is 2. The molecule has 0 fully saturated rings. The fraction of sp³-hybridized carbons (Fsp3) is 0.143. The van der Waals surface area contributed by atoms with Gasteiger partial charge < -0.3 is 0 Å². The van der Waals surface area contributed by atoms with Crippen molar-refractivity contribution in [3.05, 3.63) is 47.7 Å². The largest absolute Gasteiger partial charge is 0.256 e. The normalized spacial score (nSPS) is 10.8. The molecule has 2 heteroatoms. The summed E-state index contributed by atoms with van der Waals surface area (Å²) in [5, 5.41) is 9.62. The van der Waals surface area contributed by atoms with Crippen LogP contribution in [0.4, 0.5) is 0 Å². The second-order valence-corrected chi connectivity index (χ2v) is 3.62. The van der Waals surface area contributed by atoms with Gasteiger partial charge >= 0.3 is 0 Å².